The molecule has 0 saturated heterocycles. The van der Waals surface area contributed by atoms with Crippen molar-refractivity contribution >= 4 is 23.1 Å². The minimum atomic E-state index is -4.95. The summed E-state index contributed by atoms with van der Waals surface area (Å²) in [5.74, 6) is -2.27. The number of carbonyl (C=O) groups is 2. The lowest BCUT2D eigenvalue weighted by Crippen LogP contribution is -2.40. The van der Waals surface area contributed by atoms with Crippen molar-refractivity contribution in [3.05, 3.63) is 63.2 Å². The summed E-state index contributed by atoms with van der Waals surface area (Å²) in [6.07, 6.45) is -4.96. The Balaban J connectivity index is 1.75. The molecular formula is C21H22F3N5O3. The molecule has 0 fully saturated rings. The Morgan fingerprint density at radius 2 is 1.94 bits per heavy atom. The van der Waals surface area contributed by atoms with Gasteiger partial charge in [0.05, 0.1) is 6.42 Å². The summed E-state index contributed by atoms with van der Waals surface area (Å²) >= 11 is 0. The van der Waals surface area contributed by atoms with Crippen LogP contribution in [0.5, 0.6) is 0 Å². The predicted molar refractivity (Wildman–Crippen MR) is 111 cm³/mol. The molecule has 0 aliphatic rings. The van der Waals surface area contributed by atoms with E-state index in [2.05, 4.69) is 15.4 Å². The van der Waals surface area contributed by atoms with Crippen molar-refractivity contribution in [1.82, 2.24) is 19.5 Å². The minimum Gasteiger partial charge on any atom is -0.331 e. The van der Waals surface area contributed by atoms with Crippen LogP contribution in [0.25, 0.3) is 5.65 Å². The number of H-pyrrole nitrogens is 1. The number of hydrogen-bond donors (Lipinski definition) is 2. The molecule has 3 rings (SSSR count). The van der Waals surface area contributed by atoms with Gasteiger partial charge in [0.1, 0.15) is 0 Å². The number of halogens is 3. The first-order chi connectivity index (χ1) is 15.0. The number of aromatic nitrogens is 3. The van der Waals surface area contributed by atoms with Crippen molar-refractivity contribution in [3.63, 3.8) is 0 Å². The highest BCUT2D eigenvalue weighted by Crippen LogP contribution is 2.21. The molecule has 0 bridgehead atoms. The SMILES string of the molecule is CCN(Cc1cccc(NC(=O)Cc2c(C)nc3cc(=O)[nH]n3c2C)c1)C(=O)C(F)(F)F. The van der Waals surface area contributed by atoms with Crippen molar-refractivity contribution in [3.8, 4) is 0 Å². The van der Waals surface area contributed by atoms with Gasteiger partial charge in [-0.15, -0.1) is 0 Å². The summed E-state index contributed by atoms with van der Waals surface area (Å²) in [6.45, 7) is 4.62. The van der Waals surface area contributed by atoms with Crippen molar-refractivity contribution in [2.45, 2.75) is 39.9 Å². The van der Waals surface area contributed by atoms with Crippen LogP contribution in [0, 0.1) is 13.8 Å². The second kappa shape index (κ2) is 8.85. The average Bonchev–Trinajstić information content (AvgIpc) is 3.08. The highest BCUT2D eigenvalue weighted by atomic mass is 19.4. The number of nitrogens with one attached hydrogen (secondary N) is 2. The van der Waals surface area contributed by atoms with E-state index in [0.717, 1.165) is 0 Å². The molecule has 2 N–H and O–H groups in total. The molecule has 2 aromatic heterocycles. The number of carbonyl (C=O) groups excluding carboxylic acids is 2. The molecule has 0 atom stereocenters. The third-order valence-corrected chi connectivity index (χ3v) is 5.04. The molecule has 0 saturated carbocycles. The van der Waals surface area contributed by atoms with Crippen LogP contribution < -0.4 is 10.9 Å². The van der Waals surface area contributed by atoms with Gasteiger partial charge in [-0.1, -0.05) is 12.1 Å². The number of aromatic amines is 1. The van der Waals surface area contributed by atoms with Crippen LogP contribution in [0.3, 0.4) is 0 Å². The van der Waals surface area contributed by atoms with E-state index in [9.17, 15) is 27.6 Å². The largest absolute Gasteiger partial charge is 0.471 e. The highest BCUT2D eigenvalue weighted by molar-refractivity contribution is 5.92. The highest BCUT2D eigenvalue weighted by Gasteiger charge is 2.41. The molecule has 0 spiro atoms. The summed E-state index contributed by atoms with van der Waals surface area (Å²) in [5, 5.41) is 5.34. The van der Waals surface area contributed by atoms with Crippen molar-refractivity contribution in [2.24, 2.45) is 0 Å². The zero-order valence-corrected chi connectivity index (χ0v) is 17.7. The second-order valence-electron chi connectivity index (χ2n) is 7.32. The normalized spacial score (nSPS) is 11.6. The van der Waals surface area contributed by atoms with E-state index in [4.69, 9.17) is 0 Å². The maximum absolute atomic E-state index is 12.7. The van der Waals surface area contributed by atoms with Crippen LogP contribution in [-0.4, -0.2) is 44.0 Å². The van der Waals surface area contributed by atoms with Gasteiger partial charge in [0, 0.05) is 41.8 Å². The predicted octanol–water partition coefficient (Wildman–Crippen LogP) is 2.73. The fraction of sp³-hybridized carbons (Fsp3) is 0.333. The first-order valence-corrected chi connectivity index (χ1v) is 9.82. The Hall–Kier alpha value is -3.63. The molecule has 32 heavy (non-hydrogen) atoms. The summed E-state index contributed by atoms with van der Waals surface area (Å²) in [6, 6.07) is 7.66. The van der Waals surface area contributed by atoms with Gasteiger partial charge < -0.3 is 10.2 Å². The van der Waals surface area contributed by atoms with Gasteiger partial charge in [-0.2, -0.15) is 13.2 Å². The van der Waals surface area contributed by atoms with Crippen LogP contribution in [0.15, 0.2) is 35.1 Å². The molecule has 0 aliphatic carbocycles. The molecule has 11 heteroatoms. The number of rotatable bonds is 6. The Morgan fingerprint density at radius 1 is 1.22 bits per heavy atom. The van der Waals surface area contributed by atoms with Gasteiger partial charge in [0.15, 0.2) is 5.65 Å². The number of amides is 2. The van der Waals surface area contributed by atoms with Gasteiger partial charge in [-0.05, 0) is 38.5 Å². The Morgan fingerprint density at radius 3 is 2.59 bits per heavy atom. The number of hydrogen-bond acceptors (Lipinski definition) is 4. The van der Waals surface area contributed by atoms with Gasteiger partial charge in [-0.3, -0.25) is 19.5 Å². The molecule has 0 aliphatic heterocycles. The van der Waals surface area contributed by atoms with Crippen molar-refractivity contribution in [1.29, 1.82) is 0 Å². The first kappa shape index (κ1) is 23.0. The first-order valence-electron chi connectivity index (χ1n) is 9.82. The molecule has 1 aromatic carbocycles. The van der Waals surface area contributed by atoms with Crippen LogP contribution in [-0.2, 0) is 22.6 Å². The van der Waals surface area contributed by atoms with Crippen LogP contribution in [0.1, 0.15) is 29.4 Å². The van der Waals surface area contributed by atoms with Gasteiger partial charge in [-0.25, -0.2) is 9.50 Å². The van der Waals surface area contributed by atoms with E-state index in [1.54, 1.807) is 32.0 Å². The molecular weight excluding hydrogens is 427 g/mol. The van der Waals surface area contributed by atoms with E-state index in [0.29, 0.717) is 38.7 Å². The number of anilines is 1. The summed E-state index contributed by atoms with van der Waals surface area (Å²) in [7, 11) is 0. The number of benzene rings is 1. The molecule has 0 unspecified atom stereocenters. The minimum absolute atomic E-state index is 0.0152. The van der Waals surface area contributed by atoms with E-state index in [-0.39, 0.29) is 31.0 Å². The van der Waals surface area contributed by atoms with Crippen molar-refractivity contribution < 1.29 is 22.8 Å². The maximum atomic E-state index is 12.7. The van der Waals surface area contributed by atoms with Crippen LogP contribution >= 0.6 is 0 Å². The topological polar surface area (TPSA) is 99.6 Å². The zero-order chi connectivity index (χ0) is 23.6. The molecule has 3 aromatic rings. The van der Waals surface area contributed by atoms with Crippen LogP contribution in [0.2, 0.25) is 0 Å². The smallest absolute Gasteiger partial charge is 0.331 e. The number of fused-ring (bicyclic) bond motifs is 1. The quantitative estimate of drug-likeness (QED) is 0.605. The number of aryl methyl sites for hydroxylation is 2. The molecule has 170 valence electrons. The molecule has 8 nitrogen and oxygen atoms in total. The van der Waals surface area contributed by atoms with E-state index < -0.39 is 12.1 Å². The Kier molecular flexibility index (Phi) is 6.37. The standard InChI is InChI=1S/C21H22F3N5O3/c1-4-28(20(32)21(22,23)24)11-14-6-5-7-15(8-14)26-18(30)9-16-12(2)25-17-10-19(31)27-29(17)13(16)3/h5-8,10H,4,9,11H2,1-3H3,(H,26,30)(H,27,31). The molecule has 0 radical (unpaired) electrons. The lowest BCUT2D eigenvalue weighted by Gasteiger charge is -2.22. The van der Waals surface area contributed by atoms with Crippen molar-refractivity contribution in [2.75, 3.05) is 11.9 Å². The van der Waals surface area contributed by atoms with E-state index >= 15 is 0 Å². The number of alkyl halides is 3. The Bertz CT molecular complexity index is 1230. The summed E-state index contributed by atoms with van der Waals surface area (Å²) in [5.41, 5.74) is 2.91. The van der Waals surface area contributed by atoms with Gasteiger partial charge >= 0.3 is 12.1 Å². The maximum Gasteiger partial charge on any atom is 0.471 e. The van der Waals surface area contributed by atoms with E-state index in [1.165, 1.54) is 23.6 Å². The third kappa shape index (κ3) is 4.98. The third-order valence-electron chi connectivity index (χ3n) is 5.04. The lowest BCUT2D eigenvalue weighted by molar-refractivity contribution is -0.185. The number of nitrogens with zero attached hydrogens (tertiary/aromatic N) is 3. The lowest BCUT2D eigenvalue weighted by atomic mass is 10.1. The summed E-state index contributed by atoms with van der Waals surface area (Å²) in [4.78, 5) is 40.7. The van der Waals surface area contributed by atoms with Crippen LogP contribution in [0.4, 0.5) is 18.9 Å². The molecule has 2 amide bonds. The fourth-order valence-electron chi connectivity index (χ4n) is 3.45. The monoisotopic (exact) mass is 449 g/mol. The summed E-state index contributed by atoms with van der Waals surface area (Å²) < 4.78 is 39.7. The average molecular weight is 449 g/mol. The fourth-order valence-corrected chi connectivity index (χ4v) is 3.45. The van der Waals surface area contributed by atoms with E-state index in [1.807, 2.05) is 0 Å². The molecule has 2 heterocycles. The zero-order valence-electron chi connectivity index (χ0n) is 17.7. The van der Waals surface area contributed by atoms with Gasteiger partial charge in [0.25, 0.3) is 5.56 Å². The Labute approximate surface area is 181 Å². The second-order valence-corrected chi connectivity index (χ2v) is 7.32. The van der Waals surface area contributed by atoms with Gasteiger partial charge in [0.2, 0.25) is 5.91 Å².